The molecule has 0 radical (unpaired) electrons. The van der Waals surface area contributed by atoms with Gasteiger partial charge in [-0.25, -0.2) is 0 Å². The summed E-state index contributed by atoms with van der Waals surface area (Å²) in [6, 6.07) is 6.01. The van der Waals surface area contributed by atoms with E-state index in [-0.39, 0.29) is 18.6 Å². The fourth-order valence-electron chi connectivity index (χ4n) is 2.79. The molecule has 122 valence electrons. The fraction of sp³-hybridized carbons (Fsp3) is 0.562. The number of aryl methyl sites for hydroxylation is 1. The van der Waals surface area contributed by atoms with Gasteiger partial charge in [0.15, 0.2) is 0 Å². The van der Waals surface area contributed by atoms with Crippen LogP contribution in [0.2, 0.25) is 5.02 Å². The second kappa shape index (κ2) is 7.92. The molecule has 0 spiro atoms. The van der Waals surface area contributed by atoms with Crippen molar-refractivity contribution >= 4 is 17.5 Å². The molecule has 0 bridgehead atoms. The lowest BCUT2D eigenvalue weighted by Gasteiger charge is -2.35. The molecule has 2 N–H and O–H groups in total. The predicted molar refractivity (Wildman–Crippen MR) is 87.9 cm³/mol. The number of halogens is 1. The molecule has 1 aliphatic rings. The number of likely N-dealkylation sites (N-methyl/N-ethyl adjacent to an activating group) is 1. The molecule has 6 heteroatoms. The summed E-state index contributed by atoms with van der Waals surface area (Å²) in [6.07, 6.45) is 0.103. The number of carbonyl (C=O) groups is 1. The van der Waals surface area contributed by atoms with Crippen LogP contribution in [-0.4, -0.2) is 61.6 Å². The van der Waals surface area contributed by atoms with Crippen LogP contribution in [0.15, 0.2) is 18.2 Å². The molecule has 5 nitrogen and oxygen atoms in total. The van der Waals surface area contributed by atoms with Crippen molar-refractivity contribution < 1.29 is 9.53 Å². The number of morpholine rings is 1. The Hall–Kier alpha value is -1.14. The molecule has 1 unspecified atom stereocenters. The van der Waals surface area contributed by atoms with E-state index in [0.717, 1.165) is 24.7 Å². The van der Waals surface area contributed by atoms with Crippen LogP contribution < -0.4 is 5.73 Å². The second-order valence-electron chi connectivity index (χ2n) is 5.96. The highest BCUT2D eigenvalue weighted by atomic mass is 35.5. The molecule has 1 fully saturated rings. The molecular formula is C16H24ClN3O2. The van der Waals surface area contributed by atoms with Gasteiger partial charge >= 0.3 is 0 Å². The zero-order chi connectivity index (χ0) is 16.1. The van der Waals surface area contributed by atoms with Crippen LogP contribution in [0.3, 0.4) is 0 Å². The molecule has 0 aliphatic carbocycles. The van der Waals surface area contributed by atoms with Gasteiger partial charge in [-0.05, 0) is 37.2 Å². The van der Waals surface area contributed by atoms with Crippen molar-refractivity contribution in [2.24, 2.45) is 5.73 Å². The predicted octanol–water partition coefficient (Wildman–Crippen LogP) is 1.27. The molecule has 0 aromatic heterocycles. The van der Waals surface area contributed by atoms with E-state index in [1.165, 1.54) is 11.1 Å². The van der Waals surface area contributed by atoms with Gasteiger partial charge in [0.1, 0.15) is 0 Å². The Bertz CT molecular complexity index is 524. The fourth-order valence-corrected chi connectivity index (χ4v) is 3.02. The van der Waals surface area contributed by atoms with Gasteiger partial charge in [-0.1, -0.05) is 17.7 Å². The number of ether oxygens (including phenoxy) is 1. The first kappa shape index (κ1) is 17.2. The molecule has 0 saturated carbocycles. The lowest BCUT2D eigenvalue weighted by molar-refractivity contribution is -0.119. The third kappa shape index (κ3) is 5.25. The van der Waals surface area contributed by atoms with Gasteiger partial charge < -0.3 is 10.5 Å². The van der Waals surface area contributed by atoms with Crippen molar-refractivity contribution in [2.45, 2.75) is 19.6 Å². The largest absolute Gasteiger partial charge is 0.374 e. The average molecular weight is 326 g/mol. The maximum Gasteiger partial charge on any atom is 0.231 e. The molecule has 1 heterocycles. The number of rotatable bonds is 6. The van der Waals surface area contributed by atoms with Crippen LogP contribution in [0.1, 0.15) is 11.1 Å². The lowest BCUT2D eigenvalue weighted by Crippen LogP contribution is -2.47. The van der Waals surface area contributed by atoms with Gasteiger partial charge in [0, 0.05) is 31.2 Å². The summed E-state index contributed by atoms with van der Waals surface area (Å²) in [5.41, 5.74) is 7.71. The summed E-state index contributed by atoms with van der Waals surface area (Å²) in [6.45, 7) is 6.42. The lowest BCUT2D eigenvalue weighted by atomic mass is 10.1. The Balaban J connectivity index is 1.89. The molecule has 1 saturated heterocycles. The first-order valence-corrected chi connectivity index (χ1v) is 7.87. The molecule has 1 amide bonds. The minimum atomic E-state index is -0.313. The van der Waals surface area contributed by atoms with Crippen molar-refractivity contribution in [1.82, 2.24) is 9.80 Å². The Labute approximate surface area is 137 Å². The highest BCUT2D eigenvalue weighted by Gasteiger charge is 2.22. The van der Waals surface area contributed by atoms with Crippen molar-refractivity contribution in [3.63, 3.8) is 0 Å². The number of carbonyl (C=O) groups excluding carboxylic acids is 1. The van der Waals surface area contributed by atoms with Crippen molar-refractivity contribution in [1.29, 1.82) is 0 Å². The average Bonchev–Trinajstić information content (AvgIpc) is 2.41. The summed E-state index contributed by atoms with van der Waals surface area (Å²) in [4.78, 5) is 15.2. The monoisotopic (exact) mass is 325 g/mol. The minimum Gasteiger partial charge on any atom is -0.374 e. The number of nitrogens with two attached hydrogens (primary N) is 1. The maximum atomic E-state index is 10.9. The Morgan fingerprint density at radius 2 is 2.32 bits per heavy atom. The highest BCUT2D eigenvalue weighted by molar-refractivity contribution is 6.30. The first-order chi connectivity index (χ1) is 10.4. The Morgan fingerprint density at radius 3 is 3.00 bits per heavy atom. The summed E-state index contributed by atoms with van der Waals surface area (Å²) in [7, 11) is 1.89. The summed E-state index contributed by atoms with van der Waals surface area (Å²) in [5.74, 6) is -0.313. The van der Waals surface area contributed by atoms with Crippen molar-refractivity contribution in [3.8, 4) is 0 Å². The summed E-state index contributed by atoms with van der Waals surface area (Å²) in [5, 5.41) is 0.772. The molecule has 1 aromatic rings. The van der Waals surface area contributed by atoms with Crippen molar-refractivity contribution in [3.05, 3.63) is 34.3 Å². The van der Waals surface area contributed by atoms with E-state index in [2.05, 4.69) is 17.9 Å². The Kier molecular flexibility index (Phi) is 6.20. The SMILES string of the molecule is Cc1cc(Cl)ccc1CN1CCOC(CN(C)CC(N)=O)C1. The van der Waals surface area contributed by atoms with Crippen molar-refractivity contribution in [2.75, 3.05) is 39.8 Å². The van der Waals surface area contributed by atoms with Crippen LogP contribution in [-0.2, 0) is 16.1 Å². The van der Waals surface area contributed by atoms with Gasteiger partial charge in [-0.2, -0.15) is 0 Å². The minimum absolute atomic E-state index is 0.103. The molecule has 22 heavy (non-hydrogen) atoms. The smallest absolute Gasteiger partial charge is 0.231 e. The van der Waals surface area contributed by atoms with Gasteiger partial charge in [-0.3, -0.25) is 14.6 Å². The number of primary amides is 1. The normalized spacial score (nSPS) is 19.5. The number of hydrogen-bond donors (Lipinski definition) is 1. The first-order valence-electron chi connectivity index (χ1n) is 7.50. The second-order valence-corrected chi connectivity index (χ2v) is 6.40. The van der Waals surface area contributed by atoms with Crippen LogP contribution >= 0.6 is 11.6 Å². The standard InChI is InChI=1S/C16H24ClN3O2/c1-12-7-14(17)4-3-13(12)8-20-5-6-22-15(10-20)9-19(2)11-16(18)21/h3-4,7,15H,5-6,8-11H2,1-2H3,(H2,18,21). The number of hydrogen-bond acceptors (Lipinski definition) is 4. The van der Waals surface area contributed by atoms with E-state index in [1.54, 1.807) is 0 Å². The molecular weight excluding hydrogens is 302 g/mol. The van der Waals surface area contributed by atoms with Gasteiger partial charge in [0.2, 0.25) is 5.91 Å². The number of amides is 1. The Morgan fingerprint density at radius 1 is 1.55 bits per heavy atom. The van der Waals surface area contributed by atoms with Gasteiger partial charge in [0.05, 0.1) is 19.3 Å². The van der Waals surface area contributed by atoms with Crippen LogP contribution in [0, 0.1) is 6.92 Å². The van der Waals surface area contributed by atoms with Gasteiger partial charge in [0.25, 0.3) is 0 Å². The van der Waals surface area contributed by atoms with Crippen LogP contribution in [0.4, 0.5) is 0 Å². The van der Waals surface area contributed by atoms with Crippen LogP contribution in [0.25, 0.3) is 0 Å². The third-order valence-corrected chi connectivity index (χ3v) is 4.10. The maximum absolute atomic E-state index is 10.9. The van der Waals surface area contributed by atoms with E-state index in [1.807, 2.05) is 24.1 Å². The van der Waals surface area contributed by atoms with E-state index in [0.29, 0.717) is 13.2 Å². The van der Waals surface area contributed by atoms with E-state index in [9.17, 15) is 4.79 Å². The molecule has 1 aliphatic heterocycles. The quantitative estimate of drug-likeness (QED) is 0.855. The summed E-state index contributed by atoms with van der Waals surface area (Å²) < 4.78 is 5.79. The third-order valence-electron chi connectivity index (χ3n) is 3.86. The van der Waals surface area contributed by atoms with Crippen LogP contribution in [0.5, 0.6) is 0 Å². The van der Waals surface area contributed by atoms with E-state index >= 15 is 0 Å². The zero-order valence-electron chi connectivity index (χ0n) is 13.2. The number of nitrogens with zero attached hydrogens (tertiary/aromatic N) is 2. The van der Waals surface area contributed by atoms with E-state index < -0.39 is 0 Å². The number of benzene rings is 1. The molecule has 2 rings (SSSR count). The van der Waals surface area contributed by atoms with E-state index in [4.69, 9.17) is 22.1 Å². The topological polar surface area (TPSA) is 58.8 Å². The molecule has 1 atom stereocenters. The zero-order valence-corrected chi connectivity index (χ0v) is 14.0. The summed E-state index contributed by atoms with van der Waals surface area (Å²) >= 11 is 6.00. The molecule has 1 aromatic carbocycles. The highest BCUT2D eigenvalue weighted by Crippen LogP contribution is 2.18. The van der Waals surface area contributed by atoms with Gasteiger partial charge in [-0.15, -0.1) is 0 Å².